The molecule has 0 saturated heterocycles. The number of hydrogen-bond donors (Lipinski definition) is 1. The normalized spacial score (nSPS) is 13.2. The third kappa shape index (κ3) is 4.59. The molecule has 0 aliphatic carbocycles. The first-order valence-electron chi connectivity index (χ1n) is 7.45. The number of nitrogens with one attached hydrogen (secondary N) is 1. The van der Waals surface area contributed by atoms with E-state index >= 15 is 0 Å². The molecule has 0 heterocycles. The maximum absolute atomic E-state index is 13.7. The molecule has 4 nitrogen and oxygen atoms in total. The quantitative estimate of drug-likeness (QED) is 0.831. The molecule has 2 rings (SSSR count). The monoisotopic (exact) mass is 354 g/mol. The highest BCUT2D eigenvalue weighted by molar-refractivity contribution is 7.89. The Labute approximate surface area is 141 Å². The predicted octanol–water partition coefficient (Wildman–Crippen LogP) is 2.42. The molecule has 1 atom stereocenters. The number of halogens is 2. The van der Waals surface area contributed by atoms with Crippen LogP contribution >= 0.6 is 0 Å². The molecule has 0 spiro atoms. The van der Waals surface area contributed by atoms with Gasteiger partial charge in [-0.2, -0.15) is 0 Å². The highest BCUT2D eigenvalue weighted by atomic mass is 32.2. The van der Waals surface area contributed by atoms with Crippen LogP contribution in [0.15, 0.2) is 53.4 Å². The van der Waals surface area contributed by atoms with Crippen LogP contribution in [0.25, 0.3) is 0 Å². The predicted molar refractivity (Wildman–Crippen MR) is 89.2 cm³/mol. The van der Waals surface area contributed by atoms with Gasteiger partial charge in [-0.05, 0) is 38.2 Å². The van der Waals surface area contributed by atoms with Crippen LogP contribution in [0.5, 0.6) is 0 Å². The van der Waals surface area contributed by atoms with Crippen molar-refractivity contribution in [1.82, 2.24) is 9.62 Å². The maximum atomic E-state index is 13.7. The largest absolute Gasteiger partial charge is 0.305 e. The summed E-state index contributed by atoms with van der Waals surface area (Å²) in [6.45, 7) is 0.0397. The minimum Gasteiger partial charge on any atom is -0.305 e. The van der Waals surface area contributed by atoms with E-state index in [0.29, 0.717) is 6.42 Å². The summed E-state index contributed by atoms with van der Waals surface area (Å²) in [6.07, 6.45) is 0.607. The molecule has 2 aromatic carbocycles. The van der Waals surface area contributed by atoms with Crippen LogP contribution in [0.3, 0.4) is 0 Å². The fourth-order valence-electron chi connectivity index (χ4n) is 2.34. The van der Waals surface area contributed by atoms with E-state index in [9.17, 15) is 17.2 Å². The fourth-order valence-corrected chi connectivity index (χ4v) is 3.55. The Morgan fingerprint density at radius 3 is 2.12 bits per heavy atom. The summed E-state index contributed by atoms with van der Waals surface area (Å²) in [6, 6.07) is 12.4. The molecule has 0 aliphatic heterocycles. The third-order valence-electron chi connectivity index (χ3n) is 3.74. The van der Waals surface area contributed by atoms with Crippen molar-refractivity contribution >= 4 is 10.0 Å². The number of rotatable bonds is 7. The van der Waals surface area contributed by atoms with E-state index in [0.717, 1.165) is 23.8 Å². The molecular formula is C17H20F2N2O2S. The van der Waals surface area contributed by atoms with Gasteiger partial charge in [0.2, 0.25) is 10.0 Å². The molecule has 1 unspecified atom stereocenters. The van der Waals surface area contributed by atoms with Crippen molar-refractivity contribution < 1.29 is 17.2 Å². The molecule has 24 heavy (non-hydrogen) atoms. The van der Waals surface area contributed by atoms with Gasteiger partial charge in [0.25, 0.3) is 0 Å². The second-order valence-corrected chi connectivity index (χ2v) is 7.41. The van der Waals surface area contributed by atoms with Crippen molar-refractivity contribution in [3.63, 3.8) is 0 Å². The molecule has 2 aromatic rings. The molecule has 0 aliphatic rings. The Morgan fingerprint density at radius 2 is 1.58 bits per heavy atom. The van der Waals surface area contributed by atoms with Crippen molar-refractivity contribution in [2.24, 2.45) is 0 Å². The molecular weight excluding hydrogens is 334 g/mol. The Balaban J connectivity index is 2.14. The molecule has 0 saturated carbocycles. The topological polar surface area (TPSA) is 49.4 Å². The van der Waals surface area contributed by atoms with Gasteiger partial charge in [-0.1, -0.05) is 36.4 Å². The van der Waals surface area contributed by atoms with Crippen molar-refractivity contribution in [3.05, 3.63) is 65.7 Å². The second-order valence-electron chi connectivity index (χ2n) is 5.71. The number of hydrogen-bond acceptors (Lipinski definition) is 3. The summed E-state index contributed by atoms with van der Waals surface area (Å²) in [5.41, 5.74) is 1.05. The molecule has 7 heteroatoms. The first kappa shape index (κ1) is 18.5. The third-order valence-corrected chi connectivity index (χ3v) is 5.22. The van der Waals surface area contributed by atoms with Gasteiger partial charge in [0.15, 0.2) is 4.90 Å². The van der Waals surface area contributed by atoms with E-state index in [-0.39, 0.29) is 12.6 Å². The van der Waals surface area contributed by atoms with E-state index in [2.05, 4.69) is 4.72 Å². The first-order chi connectivity index (χ1) is 11.3. The van der Waals surface area contributed by atoms with Crippen LogP contribution in [0.2, 0.25) is 0 Å². The van der Waals surface area contributed by atoms with Gasteiger partial charge in [-0.25, -0.2) is 21.9 Å². The van der Waals surface area contributed by atoms with Crippen molar-refractivity contribution in [3.8, 4) is 0 Å². The number of benzene rings is 2. The fraction of sp³-hybridized carbons (Fsp3) is 0.294. The Kier molecular flexibility index (Phi) is 6.04. The number of nitrogens with zero attached hydrogens (tertiary/aromatic N) is 1. The smallest absolute Gasteiger partial charge is 0.246 e. The summed E-state index contributed by atoms with van der Waals surface area (Å²) < 4.78 is 54.2. The van der Waals surface area contributed by atoms with Gasteiger partial charge >= 0.3 is 0 Å². The molecule has 0 radical (unpaired) electrons. The lowest BCUT2D eigenvalue weighted by Gasteiger charge is -2.24. The standard InChI is InChI=1S/C17H20F2N2O2S/c1-21(2)14(11-13-7-4-3-5-8-13)12-20-24(22,23)17-15(18)9-6-10-16(17)19/h3-10,14,20H,11-12H2,1-2H3. The van der Waals surface area contributed by atoms with Crippen molar-refractivity contribution in [2.45, 2.75) is 17.4 Å². The van der Waals surface area contributed by atoms with Crippen molar-refractivity contribution in [1.29, 1.82) is 0 Å². The van der Waals surface area contributed by atoms with E-state index in [4.69, 9.17) is 0 Å². The zero-order chi connectivity index (χ0) is 17.7. The summed E-state index contributed by atoms with van der Waals surface area (Å²) in [7, 11) is -0.619. The lowest BCUT2D eigenvalue weighted by atomic mass is 10.1. The minimum atomic E-state index is -4.27. The lowest BCUT2D eigenvalue weighted by Crippen LogP contribution is -2.41. The Hall–Kier alpha value is -1.83. The van der Waals surface area contributed by atoms with Gasteiger partial charge in [-0.15, -0.1) is 0 Å². The maximum Gasteiger partial charge on any atom is 0.246 e. The molecule has 0 aromatic heterocycles. The molecule has 0 fully saturated rings. The van der Waals surface area contributed by atoms with E-state index in [1.165, 1.54) is 0 Å². The summed E-state index contributed by atoms with van der Waals surface area (Å²) in [4.78, 5) is 0.926. The van der Waals surface area contributed by atoms with Crippen LogP contribution in [-0.4, -0.2) is 40.0 Å². The second kappa shape index (κ2) is 7.83. The van der Waals surface area contributed by atoms with Gasteiger partial charge in [0.1, 0.15) is 11.6 Å². The number of sulfonamides is 1. The van der Waals surface area contributed by atoms with E-state index < -0.39 is 26.6 Å². The minimum absolute atomic E-state index is 0.0397. The van der Waals surface area contributed by atoms with Crippen LogP contribution in [-0.2, 0) is 16.4 Å². The summed E-state index contributed by atoms with van der Waals surface area (Å²) >= 11 is 0. The summed E-state index contributed by atoms with van der Waals surface area (Å²) in [5, 5.41) is 0. The van der Waals surface area contributed by atoms with Crippen LogP contribution in [0.1, 0.15) is 5.56 Å². The average Bonchev–Trinajstić information content (AvgIpc) is 2.51. The Bertz CT molecular complexity index is 760. The van der Waals surface area contributed by atoms with Gasteiger partial charge < -0.3 is 4.90 Å². The average molecular weight is 354 g/mol. The van der Waals surface area contributed by atoms with Gasteiger partial charge in [0, 0.05) is 12.6 Å². The Morgan fingerprint density at radius 1 is 1.00 bits per heavy atom. The van der Waals surface area contributed by atoms with Gasteiger partial charge in [0.05, 0.1) is 0 Å². The van der Waals surface area contributed by atoms with Gasteiger partial charge in [-0.3, -0.25) is 0 Å². The first-order valence-corrected chi connectivity index (χ1v) is 8.93. The zero-order valence-electron chi connectivity index (χ0n) is 13.5. The molecule has 130 valence electrons. The SMILES string of the molecule is CN(C)C(CNS(=O)(=O)c1c(F)cccc1F)Cc1ccccc1. The highest BCUT2D eigenvalue weighted by Crippen LogP contribution is 2.18. The van der Waals surface area contributed by atoms with E-state index in [1.807, 2.05) is 49.3 Å². The molecule has 0 amide bonds. The number of likely N-dealkylation sites (N-methyl/N-ethyl adjacent to an activating group) is 1. The van der Waals surface area contributed by atoms with Crippen LogP contribution in [0, 0.1) is 11.6 Å². The highest BCUT2D eigenvalue weighted by Gasteiger charge is 2.25. The summed E-state index contributed by atoms with van der Waals surface area (Å²) in [5.74, 6) is -2.21. The van der Waals surface area contributed by atoms with Crippen molar-refractivity contribution in [2.75, 3.05) is 20.6 Å². The lowest BCUT2D eigenvalue weighted by molar-refractivity contribution is 0.291. The molecule has 1 N–H and O–H groups in total. The van der Waals surface area contributed by atoms with Crippen LogP contribution in [0.4, 0.5) is 8.78 Å². The van der Waals surface area contributed by atoms with E-state index in [1.54, 1.807) is 0 Å². The van der Waals surface area contributed by atoms with Crippen LogP contribution < -0.4 is 4.72 Å². The molecule has 0 bridgehead atoms. The zero-order valence-corrected chi connectivity index (χ0v) is 14.4.